The first-order chi connectivity index (χ1) is 10.1. The molecule has 1 aromatic heterocycles. The van der Waals surface area contributed by atoms with Crippen molar-refractivity contribution in [2.45, 2.75) is 0 Å². The summed E-state index contributed by atoms with van der Waals surface area (Å²) in [6.07, 6.45) is 0. The molecule has 0 atom stereocenters. The van der Waals surface area contributed by atoms with Crippen molar-refractivity contribution in [1.82, 2.24) is 5.43 Å². The second-order valence-corrected chi connectivity index (χ2v) is 4.80. The Bertz CT molecular complexity index is 861. The Balaban J connectivity index is 0.000000219. The summed E-state index contributed by atoms with van der Waals surface area (Å²) in [6.45, 7) is 0. The third-order valence-electron chi connectivity index (χ3n) is 2.74. The smallest absolute Gasteiger partial charge is 0.273 e. The van der Waals surface area contributed by atoms with E-state index in [4.69, 9.17) is 5.84 Å². The Kier molecular flexibility index (Phi) is 5.81. The van der Waals surface area contributed by atoms with E-state index in [1.165, 1.54) is 23.5 Å². The van der Waals surface area contributed by atoms with Crippen molar-refractivity contribution in [3.05, 3.63) is 77.3 Å². The lowest BCUT2D eigenvalue weighted by Crippen LogP contribution is -2.29. The molecule has 0 radical (unpaired) electrons. The third-order valence-corrected chi connectivity index (χ3v) is 3.43. The minimum absolute atomic E-state index is 0. The van der Waals surface area contributed by atoms with Crippen molar-refractivity contribution in [1.29, 1.82) is 0 Å². The van der Waals surface area contributed by atoms with E-state index in [9.17, 15) is 19.2 Å². The molecule has 7 nitrogen and oxygen atoms in total. The molecule has 3 rings (SSSR count). The van der Waals surface area contributed by atoms with Crippen LogP contribution in [0.15, 0.2) is 55.5 Å². The van der Waals surface area contributed by atoms with Gasteiger partial charge in [0.25, 0.3) is 11.3 Å². The lowest BCUT2D eigenvalue weighted by atomic mass is 10.2. The summed E-state index contributed by atoms with van der Waals surface area (Å²) in [5.74, 6) is 4.63. The second-order valence-electron chi connectivity index (χ2n) is 4.02. The molecule has 1 amide bonds. The van der Waals surface area contributed by atoms with Crippen LogP contribution in [-0.2, 0) is 0 Å². The monoisotopic (exact) mass is 320 g/mol. The average molecular weight is 320 g/mol. The SMILES string of the molecule is NNC(=O)c1ccsc1.O.O=c1c(=O)c2ccccc2c1=O. The van der Waals surface area contributed by atoms with Crippen molar-refractivity contribution in [3.8, 4) is 0 Å². The number of fused-ring (bicyclic) bond motifs is 1. The molecule has 0 aliphatic heterocycles. The van der Waals surface area contributed by atoms with Gasteiger partial charge in [0.05, 0.1) is 5.56 Å². The van der Waals surface area contributed by atoms with Crippen molar-refractivity contribution in [3.63, 3.8) is 0 Å². The maximum absolute atomic E-state index is 11.0. The number of rotatable bonds is 1. The van der Waals surface area contributed by atoms with Crippen molar-refractivity contribution in [2.75, 3.05) is 0 Å². The molecule has 114 valence electrons. The van der Waals surface area contributed by atoms with E-state index in [2.05, 4.69) is 0 Å². The lowest BCUT2D eigenvalue weighted by molar-refractivity contribution is 0.0954. The third kappa shape index (κ3) is 3.31. The van der Waals surface area contributed by atoms with Crippen molar-refractivity contribution >= 4 is 28.0 Å². The largest absolute Gasteiger partial charge is 0.412 e. The van der Waals surface area contributed by atoms with E-state index in [1.807, 2.05) is 10.8 Å². The highest BCUT2D eigenvalue weighted by Crippen LogP contribution is 2.04. The van der Waals surface area contributed by atoms with Crippen LogP contribution in [0.2, 0.25) is 0 Å². The predicted octanol–water partition coefficient (Wildman–Crippen LogP) is -0.677. The van der Waals surface area contributed by atoms with Crippen LogP contribution >= 0.6 is 11.3 Å². The van der Waals surface area contributed by atoms with Crippen LogP contribution in [0.4, 0.5) is 0 Å². The van der Waals surface area contributed by atoms with Crippen LogP contribution in [0.5, 0.6) is 0 Å². The van der Waals surface area contributed by atoms with Gasteiger partial charge in [-0.05, 0) is 11.4 Å². The molecule has 0 aliphatic carbocycles. The van der Waals surface area contributed by atoms with Gasteiger partial charge in [-0.25, -0.2) is 5.84 Å². The highest BCUT2D eigenvalue weighted by Gasteiger charge is 2.09. The first-order valence-electron chi connectivity index (χ1n) is 5.81. The van der Waals surface area contributed by atoms with Crippen LogP contribution in [0, 0.1) is 0 Å². The zero-order valence-electron chi connectivity index (χ0n) is 11.2. The first kappa shape index (κ1) is 17.4. The first-order valence-corrected chi connectivity index (χ1v) is 6.76. The van der Waals surface area contributed by atoms with E-state index in [1.54, 1.807) is 23.6 Å². The van der Waals surface area contributed by atoms with Gasteiger partial charge >= 0.3 is 0 Å². The van der Waals surface area contributed by atoms with Crippen LogP contribution < -0.4 is 27.6 Å². The van der Waals surface area contributed by atoms with Gasteiger partial charge in [0, 0.05) is 16.2 Å². The molecule has 0 bridgehead atoms. The predicted molar refractivity (Wildman–Crippen MR) is 84.7 cm³/mol. The highest BCUT2D eigenvalue weighted by molar-refractivity contribution is 7.08. The van der Waals surface area contributed by atoms with Gasteiger partial charge in [0.15, 0.2) is 0 Å². The molecule has 0 aliphatic rings. The molecule has 2 aromatic carbocycles. The zero-order chi connectivity index (χ0) is 15.4. The Hall–Kier alpha value is -2.68. The number of nitrogens with two attached hydrogens (primary N) is 1. The average Bonchev–Trinajstić information content (AvgIpc) is 3.13. The molecule has 5 N–H and O–H groups in total. The fraction of sp³-hybridized carbons (Fsp3) is 0. The van der Waals surface area contributed by atoms with E-state index >= 15 is 0 Å². The van der Waals surface area contributed by atoms with Gasteiger partial charge in [-0.15, -0.1) is 0 Å². The number of amides is 1. The van der Waals surface area contributed by atoms with Crippen LogP contribution in [0.1, 0.15) is 10.4 Å². The molecular formula is C14H12N2O5S. The molecule has 0 saturated carbocycles. The summed E-state index contributed by atoms with van der Waals surface area (Å²) in [4.78, 5) is 43.6. The number of carbonyl (C=O) groups excluding carboxylic acids is 1. The quantitative estimate of drug-likeness (QED) is 0.265. The van der Waals surface area contributed by atoms with Gasteiger partial charge in [0.1, 0.15) is 0 Å². The fourth-order valence-corrected chi connectivity index (χ4v) is 2.34. The summed E-state index contributed by atoms with van der Waals surface area (Å²) in [5, 5.41) is 4.02. The highest BCUT2D eigenvalue weighted by atomic mass is 32.1. The molecule has 0 spiro atoms. The van der Waals surface area contributed by atoms with E-state index < -0.39 is 16.3 Å². The molecule has 8 heteroatoms. The van der Waals surface area contributed by atoms with Gasteiger partial charge < -0.3 is 5.48 Å². The number of hydrogen-bond donors (Lipinski definition) is 2. The second kappa shape index (κ2) is 7.36. The Morgan fingerprint density at radius 1 is 0.955 bits per heavy atom. The van der Waals surface area contributed by atoms with E-state index in [-0.39, 0.29) is 22.2 Å². The van der Waals surface area contributed by atoms with E-state index in [0.717, 1.165) is 0 Å². The summed E-state index contributed by atoms with van der Waals surface area (Å²) in [7, 11) is 0. The summed E-state index contributed by atoms with van der Waals surface area (Å²) < 4.78 is 0. The number of thiophene rings is 1. The van der Waals surface area contributed by atoms with E-state index in [0.29, 0.717) is 5.56 Å². The fourth-order valence-electron chi connectivity index (χ4n) is 1.70. The Morgan fingerprint density at radius 3 is 1.91 bits per heavy atom. The zero-order valence-corrected chi connectivity index (χ0v) is 12.0. The number of nitrogens with one attached hydrogen (secondary N) is 1. The Morgan fingerprint density at radius 2 is 1.50 bits per heavy atom. The topological polar surface area (TPSA) is 138 Å². The number of carbonyl (C=O) groups is 1. The molecule has 22 heavy (non-hydrogen) atoms. The summed E-state index contributed by atoms with van der Waals surface area (Å²) in [5.41, 5.74) is 0.359. The molecule has 0 saturated heterocycles. The normalized spacial score (nSPS) is 9.50. The van der Waals surface area contributed by atoms with Gasteiger partial charge in [-0.3, -0.25) is 24.6 Å². The number of nitrogen functional groups attached to an aromatic ring is 1. The Labute approximate surface area is 127 Å². The van der Waals surface area contributed by atoms with Gasteiger partial charge in [0.2, 0.25) is 10.9 Å². The standard InChI is InChI=1S/C9H4O3.C5H6N2OS.H2O/c10-7-5-3-1-2-4-6(5)8(11)9(7)12;6-7-5(8)4-1-2-9-3-4;/h1-4H;1-3H,6H2,(H,7,8);1H2. The number of benzene rings is 1. The lowest BCUT2D eigenvalue weighted by Gasteiger charge is -1.90. The van der Waals surface area contributed by atoms with Crippen LogP contribution in [-0.4, -0.2) is 11.4 Å². The van der Waals surface area contributed by atoms with Gasteiger partial charge in [-0.2, -0.15) is 11.3 Å². The number of hydrogen-bond acceptors (Lipinski definition) is 6. The molecule has 1 heterocycles. The maximum atomic E-state index is 11.0. The minimum Gasteiger partial charge on any atom is -0.412 e. The van der Waals surface area contributed by atoms with Gasteiger partial charge in [-0.1, -0.05) is 24.3 Å². The summed E-state index contributed by atoms with van der Waals surface area (Å²) >= 11 is 1.47. The van der Waals surface area contributed by atoms with Crippen LogP contribution in [0.25, 0.3) is 10.8 Å². The molecule has 0 unspecified atom stereocenters. The number of hydrazine groups is 1. The maximum Gasteiger partial charge on any atom is 0.273 e. The molecule has 0 fully saturated rings. The van der Waals surface area contributed by atoms with Crippen molar-refractivity contribution < 1.29 is 10.3 Å². The van der Waals surface area contributed by atoms with Crippen molar-refractivity contribution in [2.24, 2.45) is 5.84 Å². The van der Waals surface area contributed by atoms with Crippen LogP contribution in [0.3, 0.4) is 0 Å². The summed E-state index contributed by atoms with van der Waals surface area (Å²) in [6, 6.07) is 7.94. The molecular weight excluding hydrogens is 308 g/mol. The minimum atomic E-state index is -0.920. The molecule has 3 aromatic rings.